The smallest absolute Gasteiger partial charge is 0.317 e. The van der Waals surface area contributed by atoms with Gasteiger partial charge in [0.05, 0.1) is 16.9 Å². The van der Waals surface area contributed by atoms with E-state index in [0.717, 1.165) is 60.6 Å². The van der Waals surface area contributed by atoms with Crippen molar-refractivity contribution in [2.45, 2.75) is 45.1 Å². The fourth-order valence-corrected chi connectivity index (χ4v) is 4.73. The fourth-order valence-electron chi connectivity index (χ4n) is 4.73. The monoisotopic (exact) mass is 469 g/mol. The van der Waals surface area contributed by atoms with Gasteiger partial charge in [-0.2, -0.15) is 18.3 Å². The number of anilines is 1. The van der Waals surface area contributed by atoms with Crippen molar-refractivity contribution in [3.8, 4) is 5.69 Å². The third kappa shape index (κ3) is 4.52. The van der Waals surface area contributed by atoms with Crippen LogP contribution >= 0.6 is 0 Å². The molecule has 2 amide bonds. The molecule has 2 aliphatic rings. The van der Waals surface area contributed by atoms with Gasteiger partial charge in [0.2, 0.25) is 0 Å². The Hall–Kier alpha value is -3.33. The van der Waals surface area contributed by atoms with E-state index < -0.39 is 11.7 Å². The molecule has 0 radical (unpaired) electrons. The maximum Gasteiger partial charge on any atom is 0.416 e. The lowest BCUT2D eigenvalue weighted by molar-refractivity contribution is -0.137. The summed E-state index contributed by atoms with van der Waals surface area (Å²) >= 11 is 0. The third-order valence-electron chi connectivity index (χ3n) is 6.71. The fraction of sp³-hybridized carbons (Fsp3) is 0.360. The number of amides is 2. The van der Waals surface area contributed by atoms with E-state index in [0.29, 0.717) is 18.8 Å². The number of halogens is 3. The molecule has 0 saturated carbocycles. The molecule has 1 saturated heterocycles. The molecule has 1 aromatic heterocycles. The maximum atomic E-state index is 12.8. The molecule has 3 heterocycles. The summed E-state index contributed by atoms with van der Waals surface area (Å²) in [6.45, 7) is 4.99. The summed E-state index contributed by atoms with van der Waals surface area (Å²) in [6, 6.07) is 13.1. The molecule has 2 aromatic carbocycles. The van der Waals surface area contributed by atoms with Crippen LogP contribution < -0.4 is 5.32 Å². The molecular weight excluding hydrogens is 443 g/mol. The van der Waals surface area contributed by atoms with Crippen LogP contribution in [-0.2, 0) is 19.3 Å². The Morgan fingerprint density at radius 2 is 1.76 bits per heavy atom. The summed E-state index contributed by atoms with van der Waals surface area (Å²) in [5.41, 5.74) is 3.85. The lowest BCUT2D eigenvalue weighted by Crippen LogP contribution is -2.50. The first kappa shape index (κ1) is 22.5. The molecular formula is C25H26F3N5O. The van der Waals surface area contributed by atoms with Gasteiger partial charge in [0.25, 0.3) is 0 Å². The molecule has 34 heavy (non-hydrogen) atoms. The number of benzene rings is 2. The number of alkyl halides is 3. The van der Waals surface area contributed by atoms with Gasteiger partial charge in [-0.25, -0.2) is 9.48 Å². The predicted molar refractivity (Wildman–Crippen MR) is 123 cm³/mol. The molecule has 0 unspecified atom stereocenters. The van der Waals surface area contributed by atoms with Crippen molar-refractivity contribution in [1.82, 2.24) is 19.6 Å². The van der Waals surface area contributed by atoms with Gasteiger partial charge in [0.15, 0.2) is 0 Å². The van der Waals surface area contributed by atoms with Crippen molar-refractivity contribution in [2.24, 2.45) is 0 Å². The van der Waals surface area contributed by atoms with E-state index in [-0.39, 0.29) is 12.1 Å². The van der Waals surface area contributed by atoms with E-state index >= 15 is 0 Å². The number of hydrogen-bond acceptors (Lipinski definition) is 3. The Balaban J connectivity index is 1.20. The lowest BCUT2D eigenvalue weighted by Gasteiger charge is -2.40. The second kappa shape index (κ2) is 8.79. The van der Waals surface area contributed by atoms with Gasteiger partial charge in [-0.05, 0) is 55.7 Å². The summed E-state index contributed by atoms with van der Waals surface area (Å²) in [5.74, 6) is 0. The summed E-state index contributed by atoms with van der Waals surface area (Å²) in [6.07, 6.45) is -0.684. The molecule has 6 nitrogen and oxygen atoms in total. The minimum absolute atomic E-state index is 0.0363. The van der Waals surface area contributed by atoms with Crippen molar-refractivity contribution in [3.05, 3.63) is 77.1 Å². The standard InChI is InChI=1S/C25H26F3N5O/c1-17-19(16-33(30-17)22-8-6-20(7-9-22)25(26,27)28)14-31-12-10-21(11-13-31)32-15-18-4-2-3-5-23(18)29-24(32)34/h2-9,16,21H,10-15H2,1H3,(H,29,34). The number of piperidine rings is 1. The van der Waals surface area contributed by atoms with Gasteiger partial charge < -0.3 is 10.2 Å². The van der Waals surface area contributed by atoms with Gasteiger partial charge in [0, 0.05) is 49.7 Å². The second-order valence-corrected chi connectivity index (χ2v) is 8.95. The Morgan fingerprint density at radius 1 is 1.06 bits per heavy atom. The van der Waals surface area contributed by atoms with Gasteiger partial charge in [-0.15, -0.1) is 0 Å². The van der Waals surface area contributed by atoms with Crippen LogP contribution in [0.5, 0.6) is 0 Å². The zero-order valence-electron chi connectivity index (χ0n) is 18.8. The Morgan fingerprint density at radius 3 is 2.47 bits per heavy atom. The number of carbonyl (C=O) groups excluding carboxylic acids is 1. The number of aromatic nitrogens is 2. The van der Waals surface area contributed by atoms with Crippen LogP contribution in [0.15, 0.2) is 54.7 Å². The quantitative estimate of drug-likeness (QED) is 0.571. The molecule has 0 bridgehead atoms. The molecule has 0 atom stereocenters. The number of hydrogen-bond donors (Lipinski definition) is 1. The van der Waals surface area contributed by atoms with Gasteiger partial charge in [-0.3, -0.25) is 4.90 Å². The number of carbonyl (C=O) groups is 1. The van der Waals surface area contributed by atoms with Crippen LogP contribution in [0.25, 0.3) is 5.69 Å². The third-order valence-corrected chi connectivity index (χ3v) is 6.71. The molecule has 0 aliphatic carbocycles. The second-order valence-electron chi connectivity index (χ2n) is 8.95. The number of para-hydroxylation sites is 1. The van der Waals surface area contributed by atoms with Crippen LogP contribution in [-0.4, -0.2) is 44.7 Å². The lowest BCUT2D eigenvalue weighted by atomic mass is 10.0. The SMILES string of the molecule is Cc1nn(-c2ccc(C(F)(F)F)cc2)cc1CN1CCC(N2Cc3ccccc3NC2=O)CC1. The molecule has 1 fully saturated rings. The number of nitrogens with zero attached hydrogens (tertiary/aromatic N) is 4. The Bertz CT molecular complexity index is 1180. The summed E-state index contributed by atoms with van der Waals surface area (Å²) in [4.78, 5) is 16.9. The van der Waals surface area contributed by atoms with E-state index in [2.05, 4.69) is 15.3 Å². The minimum Gasteiger partial charge on any atom is -0.317 e. The Kier molecular flexibility index (Phi) is 5.81. The number of likely N-dealkylation sites (tertiary alicyclic amines) is 1. The number of aryl methyl sites for hydroxylation is 1. The summed E-state index contributed by atoms with van der Waals surface area (Å²) in [5, 5.41) is 7.50. The van der Waals surface area contributed by atoms with E-state index in [1.165, 1.54) is 12.1 Å². The first-order valence-electron chi connectivity index (χ1n) is 11.4. The molecule has 3 aromatic rings. The largest absolute Gasteiger partial charge is 0.416 e. The van der Waals surface area contributed by atoms with Crippen molar-refractivity contribution >= 4 is 11.7 Å². The first-order valence-corrected chi connectivity index (χ1v) is 11.4. The zero-order chi connectivity index (χ0) is 23.9. The van der Waals surface area contributed by atoms with E-state index in [1.54, 1.807) is 4.68 Å². The summed E-state index contributed by atoms with van der Waals surface area (Å²) < 4.78 is 40.1. The van der Waals surface area contributed by atoms with Crippen molar-refractivity contribution in [1.29, 1.82) is 0 Å². The molecule has 2 aliphatic heterocycles. The van der Waals surface area contributed by atoms with Crippen molar-refractivity contribution in [2.75, 3.05) is 18.4 Å². The number of fused-ring (bicyclic) bond motifs is 1. The highest BCUT2D eigenvalue weighted by Gasteiger charge is 2.32. The van der Waals surface area contributed by atoms with E-state index in [9.17, 15) is 18.0 Å². The highest BCUT2D eigenvalue weighted by Crippen LogP contribution is 2.30. The normalized spacial score (nSPS) is 17.5. The maximum absolute atomic E-state index is 12.8. The van der Waals surface area contributed by atoms with Crippen LogP contribution in [0.3, 0.4) is 0 Å². The first-order chi connectivity index (χ1) is 16.3. The highest BCUT2D eigenvalue weighted by atomic mass is 19.4. The van der Waals surface area contributed by atoms with Crippen molar-refractivity contribution < 1.29 is 18.0 Å². The topological polar surface area (TPSA) is 53.4 Å². The van der Waals surface area contributed by atoms with Crippen LogP contribution in [0.1, 0.15) is 35.2 Å². The number of rotatable bonds is 4. The summed E-state index contributed by atoms with van der Waals surface area (Å²) in [7, 11) is 0. The van der Waals surface area contributed by atoms with Crippen LogP contribution in [0, 0.1) is 6.92 Å². The molecule has 178 valence electrons. The van der Waals surface area contributed by atoms with Crippen molar-refractivity contribution in [3.63, 3.8) is 0 Å². The zero-order valence-corrected chi connectivity index (χ0v) is 18.8. The average molecular weight is 470 g/mol. The van der Waals surface area contributed by atoms with Gasteiger partial charge in [0.1, 0.15) is 0 Å². The van der Waals surface area contributed by atoms with Crippen LogP contribution in [0.4, 0.5) is 23.7 Å². The van der Waals surface area contributed by atoms with Gasteiger partial charge >= 0.3 is 12.2 Å². The van der Waals surface area contributed by atoms with Crippen LogP contribution in [0.2, 0.25) is 0 Å². The molecule has 9 heteroatoms. The van der Waals surface area contributed by atoms with E-state index in [4.69, 9.17) is 0 Å². The average Bonchev–Trinajstić information content (AvgIpc) is 3.19. The van der Waals surface area contributed by atoms with Gasteiger partial charge in [-0.1, -0.05) is 18.2 Å². The predicted octanol–water partition coefficient (Wildman–Crippen LogP) is 5.21. The molecule has 1 N–H and O–H groups in total. The minimum atomic E-state index is -4.35. The van der Waals surface area contributed by atoms with E-state index in [1.807, 2.05) is 42.3 Å². The number of urea groups is 1. The molecule has 5 rings (SSSR count). The molecule has 0 spiro atoms. The number of nitrogens with one attached hydrogen (secondary N) is 1. The Labute approximate surface area is 196 Å². The highest BCUT2D eigenvalue weighted by molar-refractivity contribution is 5.92.